The third-order valence-electron chi connectivity index (χ3n) is 4.17. The molecular formula is C19H15Cl2NO4. The van der Waals surface area contributed by atoms with Gasteiger partial charge in [-0.25, -0.2) is 0 Å². The molecule has 134 valence electrons. The first-order valence-corrected chi connectivity index (χ1v) is 8.70. The summed E-state index contributed by atoms with van der Waals surface area (Å²) in [6, 6.07) is 11.3. The predicted octanol–water partition coefficient (Wildman–Crippen LogP) is 3.89. The highest BCUT2D eigenvalue weighted by molar-refractivity contribution is 6.36. The van der Waals surface area contributed by atoms with Crippen LogP contribution < -0.4 is 4.90 Å². The lowest BCUT2D eigenvalue weighted by Crippen LogP contribution is -2.37. The Labute approximate surface area is 160 Å². The van der Waals surface area contributed by atoms with E-state index in [2.05, 4.69) is 0 Å². The predicted molar refractivity (Wildman–Crippen MR) is 98.9 cm³/mol. The van der Waals surface area contributed by atoms with Gasteiger partial charge in [-0.15, -0.1) is 0 Å². The SMILES string of the molecule is CN(C(=O)C1CCC(=O)O1)c1ccc(Cl)cc1C(=O)c1ccccc1Cl. The highest BCUT2D eigenvalue weighted by atomic mass is 35.5. The highest BCUT2D eigenvalue weighted by Gasteiger charge is 2.33. The lowest BCUT2D eigenvalue weighted by atomic mass is 10.0. The molecule has 0 aromatic heterocycles. The van der Waals surface area contributed by atoms with Crippen molar-refractivity contribution in [2.45, 2.75) is 18.9 Å². The second kappa shape index (κ2) is 7.48. The third-order valence-corrected chi connectivity index (χ3v) is 4.74. The normalized spacial score (nSPS) is 16.3. The average molecular weight is 392 g/mol. The van der Waals surface area contributed by atoms with Gasteiger partial charge in [-0.1, -0.05) is 35.3 Å². The lowest BCUT2D eigenvalue weighted by Gasteiger charge is -2.23. The second-order valence-electron chi connectivity index (χ2n) is 5.88. The first-order valence-electron chi connectivity index (χ1n) is 7.94. The first-order chi connectivity index (χ1) is 12.4. The van der Waals surface area contributed by atoms with E-state index in [1.54, 1.807) is 36.4 Å². The summed E-state index contributed by atoms with van der Waals surface area (Å²) >= 11 is 12.2. The largest absolute Gasteiger partial charge is 0.452 e. The summed E-state index contributed by atoms with van der Waals surface area (Å²) in [6.07, 6.45) is -0.314. The van der Waals surface area contributed by atoms with Gasteiger partial charge in [0.2, 0.25) is 0 Å². The number of likely N-dealkylation sites (N-methyl/N-ethyl adjacent to an activating group) is 1. The summed E-state index contributed by atoms with van der Waals surface area (Å²) < 4.78 is 5.03. The monoisotopic (exact) mass is 391 g/mol. The Morgan fingerprint density at radius 3 is 2.50 bits per heavy atom. The Kier molecular flexibility index (Phi) is 5.30. The molecule has 2 aromatic carbocycles. The zero-order chi connectivity index (χ0) is 18.8. The van der Waals surface area contributed by atoms with Gasteiger partial charge in [-0.2, -0.15) is 0 Å². The molecule has 1 unspecified atom stereocenters. The molecule has 2 aromatic rings. The number of hydrogen-bond acceptors (Lipinski definition) is 4. The summed E-state index contributed by atoms with van der Waals surface area (Å²) in [7, 11) is 1.53. The van der Waals surface area contributed by atoms with Crippen LogP contribution >= 0.6 is 23.2 Å². The number of hydrogen-bond donors (Lipinski definition) is 0. The minimum absolute atomic E-state index is 0.205. The number of benzene rings is 2. The van der Waals surface area contributed by atoms with Crippen LogP contribution in [0, 0.1) is 0 Å². The molecule has 0 radical (unpaired) electrons. The van der Waals surface area contributed by atoms with Crippen molar-refractivity contribution < 1.29 is 19.1 Å². The van der Waals surface area contributed by atoms with E-state index in [-0.39, 0.29) is 17.8 Å². The molecule has 5 nitrogen and oxygen atoms in total. The van der Waals surface area contributed by atoms with Crippen LogP contribution in [0.2, 0.25) is 10.0 Å². The van der Waals surface area contributed by atoms with Gasteiger partial charge < -0.3 is 9.64 Å². The number of esters is 1. The maximum atomic E-state index is 13.0. The average Bonchev–Trinajstić information content (AvgIpc) is 3.06. The number of nitrogens with zero attached hydrogens (tertiary/aromatic N) is 1. The molecule has 0 spiro atoms. The number of halogens is 2. The third kappa shape index (κ3) is 3.59. The number of ether oxygens (including phenoxy) is 1. The number of cyclic esters (lactones) is 1. The Balaban J connectivity index is 1.98. The van der Waals surface area contributed by atoms with Gasteiger partial charge in [-0.3, -0.25) is 14.4 Å². The Morgan fingerprint density at radius 2 is 1.85 bits per heavy atom. The zero-order valence-electron chi connectivity index (χ0n) is 13.9. The van der Waals surface area contributed by atoms with Crippen LogP contribution in [-0.2, 0) is 14.3 Å². The van der Waals surface area contributed by atoms with E-state index < -0.39 is 18.0 Å². The summed E-state index contributed by atoms with van der Waals surface area (Å²) in [6.45, 7) is 0. The summed E-state index contributed by atoms with van der Waals surface area (Å²) in [4.78, 5) is 38.2. The minimum atomic E-state index is -0.841. The van der Waals surface area contributed by atoms with Crippen LogP contribution in [0.3, 0.4) is 0 Å². The molecule has 1 fully saturated rings. The van der Waals surface area contributed by atoms with E-state index in [0.29, 0.717) is 27.7 Å². The van der Waals surface area contributed by atoms with Gasteiger partial charge in [0, 0.05) is 36.0 Å². The summed E-state index contributed by atoms with van der Waals surface area (Å²) in [5.74, 6) is -1.15. The van der Waals surface area contributed by atoms with E-state index in [9.17, 15) is 14.4 Å². The van der Waals surface area contributed by atoms with Crippen molar-refractivity contribution in [1.29, 1.82) is 0 Å². The molecule has 0 aliphatic carbocycles. The molecular weight excluding hydrogens is 377 g/mol. The fourth-order valence-corrected chi connectivity index (χ4v) is 3.20. The van der Waals surface area contributed by atoms with E-state index in [4.69, 9.17) is 27.9 Å². The number of carbonyl (C=O) groups excluding carboxylic acids is 3. The van der Waals surface area contributed by atoms with Gasteiger partial charge in [0.15, 0.2) is 11.9 Å². The van der Waals surface area contributed by atoms with Gasteiger partial charge in [0.25, 0.3) is 5.91 Å². The Morgan fingerprint density at radius 1 is 1.12 bits per heavy atom. The summed E-state index contributed by atoms with van der Waals surface area (Å²) in [5.41, 5.74) is 0.920. The minimum Gasteiger partial charge on any atom is -0.452 e. The smallest absolute Gasteiger partial charge is 0.306 e. The maximum absolute atomic E-state index is 13.0. The van der Waals surface area contributed by atoms with Crippen LogP contribution in [-0.4, -0.2) is 30.8 Å². The Bertz CT molecular complexity index is 897. The number of rotatable bonds is 4. The highest BCUT2D eigenvalue weighted by Crippen LogP contribution is 2.29. The van der Waals surface area contributed by atoms with E-state index in [1.807, 2.05) is 0 Å². The molecule has 1 aliphatic rings. The van der Waals surface area contributed by atoms with Crippen molar-refractivity contribution in [3.05, 3.63) is 63.6 Å². The molecule has 3 rings (SSSR count). The van der Waals surface area contributed by atoms with Gasteiger partial charge in [0.1, 0.15) is 0 Å². The fraction of sp³-hybridized carbons (Fsp3) is 0.211. The molecule has 0 N–H and O–H groups in total. The zero-order valence-corrected chi connectivity index (χ0v) is 15.4. The quantitative estimate of drug-likeness (QED) is 0.585. The molecule has 1 atom stereocenters. The molecule has 1 saturated heterocycles. The molecule has 1 amide bonds. The molecule has 0 saturated carbocycles. The lowest BCUT2D eigenvalue weighted by molar-refractivity contribution is -0.147. The molecule has 26 heavy (non-hydrogen) atoms. The van der Waals surface area contributed by atoms with Gasteiger partial charge in [0.05, 0.1) is 10.7 Å². The van der Waals surface area contributed by atoms with Crippen molar-refractivity contribution in [3.8, 4) is 0 Å². The number of anilines is 1. The van der Waals surface area contributed by atoms with Crippen LogP contribution in [0.5, 0.6) is 0 Å². The number of ketones is 1. The molecule has 1 aliphatic heterocycles. The summed E-state index contributed by atoms with van der Waals surface area (Å²) in [5, 5.41) is 0.666. The van der Waals surface area contributed by atoms with Crippen molar-refractivity contribution in [2.24, 2.45) is 0 Å². The van der Waals surface area contributed by atoms with Crippen LogP contribution in [0.25, 0.3) is 0 Å². The van der Waals surface area contributed by atoms with E-state index in [0.717, 1.165) is 0 Å². The molecule has 7 heteroatoms. The van der Waals surface area contributed by atoms with Crippen LogP contribution in [0.1, 0.15) is 28.8 Å². The number of amides is 1. The van der Waals surface area contributed by atoms with Crippen molar-refractivity contribution in [2.75, 3.05) is 11.9 Å². The van der Waals surface area contributed by atoms with E-state index >= 15 is 0 Å². The van der Waals surface area contributed by atoms with Crippen LogP contribution in [0.4, 0.5) is 5.69 Å². The van der Waals surface area contributed by atoms with Crippen LogP contribution in [0.15, 0.2) is 42.5 Å². The van der Waals surface area contributed by atoms with Gasteiger partial charge in [-0.05, 0) is 30.3 Å². The topological polar surface area (TPSA) is 63.7 Å². The molecule has 1 heterocycles. The second-order valence-corrected chi connectivity index (χ2v) is 6.73. The van der Waals surface area contributed by atoms with Crippen molar-refractivity contribution in [1.82, 2.24) is 0 Å². The maximum Gasteiger partial charge on any atom is 0.306 e. The van der Waals surface area contributed by atoms with Gasteiger partial charge >= 0.3 is 5.97 Å². The first kappa shape index (κ1) is 18.4. The fourth-order valence-electron chi connectivity index (χ4n) is 2.81. The van der Waals surface area contributed by atoms with E-state index in [1.165, 1.54) is 18.0 Å². The molecule has 0 bridgehead atoms. The van der Waals surface area contributed by atoms with Crippen molar-refractivity contribution in [3.63, 3.8) is 0 Å². The Hall–Kier alpha value is -2.37. The standard InChI is InChI=1S/C19H15Cl2NO4/c1-22(19(25)16-8-9-17(23)26-16)15-7-6-11(20)10-13(15)18(24)12-4-2-3-5-14(12)21/h2-7,10,16H,8-9H2,1H3. The number of carbonyl (C=O) groups is 3. The van der Waals surface area contributed by atoms with Crippen molar-refractivity contribution >= 4 is 46.5 Å².